The van der Waals surface area contributed by atoms with E-state index in [4.69, 9.17) is 15.2 Å². The van der Waals surface area contributed by atoms with E-state index in [9.17, 15) is 4.79 Å². The summed E-state index contributed by atoms with van der Waals surface area (Å²) < 4.78 is 14.2. The van der Waals surface area contributed by atoms with Crippen LogP contribution in [0.2, 0.25) is 0 Å². The number of hydrogen-bond acceptors (Lipinski definition) is 7. The number of carbonyl (C=O) groups is 1. The fourth-order valence-electron chi connectivity index (χ4n) is 1.68. The number of nitrogen functional groups attached to an aromatic ring is 1. The molecule has 7 nitrogen and oxygen atoms in total. The molecule has 0 radical (unpaired) electrons. The number of hydrogen-bond donors (Lipinski definition) is 2. The summed E-state index contributed by atoms with van der Waals surface area (Å²) in [5, 5.41) is 6.51. The molecule has 1 aliphatic heterocycles. The van der Waals surface area contributed by atoms with E-state index in [1.807, 2.05) is 0 Å². The van der Waals surface area contributed by atoms with E-state index in [0.717, 1.165) is 11.5 Å². The van der Waals surface area contributed by atoms with E-state index in [0.29, 0.717) is 33.4 Å². The summed E-state index contributed by atoms with van der Waals surface area (Å²) in [7, 11) is 0. The predicted octanol–water partition coefficient (Wildman–Crippen LogP) is 1.41. The van der Waals surface area contributed by atoms with Crippen molar-refractivity contribution < 1.29 is 14.3 Å². The Morgan fingerprint density at radius 1 is 1.42 bits per heavy atom. The van der Waals surface area contributed by atoms with Crippen molar-refractivity contribution in [2.45, 2.75) is 6.92 Å². The number of benzene rings is 1. The minimum Gasteiger partial charge on any atom is -0.454 e. The first-order valence-corrected chi connectivity index (χ1v) is 6.22. The average molecular weight is 278 g/mol. The molecular formula is C11H10N4O3S. The molecular weight excluding hydrogens is 268 g/mol. The standard InChI is InChI=1S/C11H10N4O3S/c1-5-10(19-15-14-5)11(16)13-7-3-9-8(2-6(7)12)17-4-18-9/h2-3H,4,12H2,1H3,(H,13,16). The fourth-order valence-corrected chi connectivity index (χ4v) is 2.24. The van der Waals surface area contributed by atoms with Crippen LogP contribution in [0.1, 0.15) is 15.4 Å². The van der Waals surface area contributed by atoms with Crippen LogP contribution in [-0.4, -0.2) is 22.3 Å². The molecule has 0 saturated heterocycles. The number of anilines is 2. The van der Waals surface area contributed by atoms with Crippen molar-refractivity contribution in [1.82, 2.24) is 9.59 Å². The van der Waals surface area contributed by atoms with Crippen molar-refractivity contribution in [3.05, 3.63) is 22.7 Å². The van der Waals surface area contributed by atoms with Crippen LogP contribution in [0, 0.1) is 6.92 Å². The zero-order valence-electron chi connectivity index (χ0n) is 9.97. The molecule has 2 heterocycles. The van der Waals surface area contributed by atoms with Crippen LogP contribution in [0.3, 0.4) is 0 Å². The Balaban J connectivity index is 1.88. The molecule has 0 bridgehead atoms. The molecule has 0 spiro atoms. The predicted molar refractivity (Wildman–Crippen MR) is 69.6 cm³/mol. The Kier molecular flexibility index (Phi) is 2.71. The summed E-state index contributed by atoms with van der Waals surface area (Å²) in [6.45, 7) is 1.88. The Morgan fingerprint density at radius 2 is 2.16 bits per heavy atom. The van der Waals surface area contributed by atoms with Crippen LogP contribution in [0.5, 0.6) is 11.5 Å². The highest BCUT2D eigenvalue weighted by Gasteiger charge is 2.19. The van der Waals surface area contributed by atoms with E-state index in [2.05, 4.69) is 14.9 Å². The molecule has 8 heteroatoms. The fraction of sp³-hybridized carbons (Fsp3) is 0.182. The second-order valence-electron chi connectivity index (χ2n) is 3.93. The lowest BCUT2D eigenvalue weighted by Crippen LogP contribution is -2.13. The van der Waals surface area contributed by atoms with Crippen molar-refractivity contribution in [2.75, 3.05) is 17.8 Å². The van der Waals surface area contributed by atoms with Gasteiger partial charge in [-0.25, -0.2) is 0 Å². The SMILES string of the molecule is Cc1nnsc1C(=O)Nc1cc2c(cc1N)OCO2. The van der Waals surface area contributed by atoms with Crippen LogP contribution in [-0.2, 0) is 0 Å². The third kappa shape index (κ3) is 2.06. The lowest BCUT2D eigenvalue weighted by molar-refractivity contribution is 0.103. The number of fused-ring (bicyclic) bond motifs is 1. The van der Waals surface area contributed by atoms with Crippen molar-refractivity contribution in [3.63, 3.8) is 0 Å². The normalized spacial score (nSPS) is 12.5. The van der Waals surface area contributed by atoms with Gasteiger partial charge in [0.25, 0.3) is 5.91 Å². The molecule has 0 atom stereocenters. The number of amides is 1. The molecule has 1 aliphatic rings. The number of ether oxygens (including phenoxy) is 2. The second-order valence-corrected chi connectivity index (χ2v) is 4.69. The summed E-state index contributed by atoms with van der Waals surface area (Å²) in [5.41, 5.74) is 7.32. The highest BCUT2D eigenvalue weighted by molar-refractivity contribution is 7.08. The molecule has 1 amide bonds. The van der Waals surface area contributed by atoms with Gasteiger partial charge in [0.2, 0.25) is 6.79 Å². The second kappa shape index (κ2) is 4.39. The number of nitrogens with zero attached hydrogens (tertiary/aromatic N) is 2. The van der Waals surface area contributed by atoms with Crippen molar-refractivity contribution in [1.29, 1.82) is 0 Å². The number of nitrogens with one attached hydrogen (secondary N) is 1. The van der Waals surface area contributed by atoms with Crippen molar-refractivity contribution in [3.8, 4) is 11.5 Å². The van der Waals surface area contributed by atoms with Gasteiger partial charge < -0.3 is 20.5 Å². The Bertz CT molecular complexity index is 655. The third-order valence-corrected chi connectivity index (χ3v) is 3.48. The van der Waals surface area contributed by atoms with E-state index in [1.54, 1.807) is 19.1 Å². The van der Waals surface area contributed by atoms with Gasteiger partial charge in [0.1, 0.15) is 4.88 Å². The minimum absolute atomic E-state index is 0.157. The number of rotatable bonds is 2. The minimum atomic E-state index is -0.293. The summed E-state index contributed by atoms with van der Waals surface area (Å²) in [6, 6.07) is 3.26. The molecule has 0 aliphatic carbocycles. The maximum Gasteiger partial charge on any atom is 0.269 e. The van der Waals surface area contributed by atoms with Crippen LogP contribution >= 0.6 is 11.5 Å². The molecule has 3 N–H and O–H groups in total. The lowest BCUT2D eigenvalue weighted by Gasteiger charge is -2.08. The average Bonchev–Trinajstić information content (AvgIpc) is 2.98. The maximum atomic E-state index is 12.0. The van der Waals surface area contributed by atoms with Crippen LogP contribution in [0.4, 0.5) is 11.4 Å². The Labute approximate surface area is 112 Å². The zero-order chi connectivity index (χ0) is 13.4. The van der Waals surface area contributed by atoms with E-state index in [-0.39, 0.29) is 12.7 Å². The largest absolute Gasteiger partial charge is 0.454 e. The molecule has 1 aromatic carbocycles. The molecule has 0 saturated carbocycles. The maximum absolute atomic E-state index is 12.0. The summed E-state index contributed by atoms with van der Waals surface area (Å²) in [5.74, 6) is 0.841. The molecule has 0 unspecified atom stereocenters. The summed E-state index contributed by atoms with van der Waals surface area (Å²) >= 11 is 1.04. The summed E-state index contributed by atoms with van der Waals surface area (Å²) in [6.07, 6.45) is 0. The molecule has 3 rings (SSSR count). The van der Waals surface area contributed by atoms with E-state index >= 15 is 0 Å². The van der Waals surface area contributed by atoms with Gasteiger partial charge in [0, 0.05) is 12.1 Å². The molecule has 98 valence electrons. The van der Waals surface area contributed by atoms with E-state index < -0.39 is 0 Å². The summed E-state index contributed by atoms with van der Waals surface area (Å²) in [4.78, 5) is 12.5. The molecule has 2 aromatic rings. The molecule has 19 heavy (non-hydrogen) atoms. The quantitative estimate of drug-likeness (QED) is 0.806. The topological polar surface area (TPSA) is 99.4 Å². The number of aryl methyl sites for hydroxylation is 1. The number of aromatic nitrogens is 2. The van der Waals surface area contributed by atoms with Gasteiger partial charge >= 0.3 is 0 Å². The number of carbonyl (C=O) groups excluding carboxylic acids is 1. The highest BCUT2D eigenvalue weighted by Crippen LogP contribution is 2.38. The van der Waals surface area contributed by atoms with Gasteiger partial charge in [0.15, 0.2) is 11.5 Å². The van der Waals surface area contributed by atoms with Crippen molar-refractivity contribution >= 4 is 28.8 Å². The number of nitrogens with two attached hydrogens (primary N) is 1. The molecule has 1 aromatic heterocycles. The van der Waals surface area contributed by atoms with Crippen LogP contribution in [0.15, 0.2) is 12.1 Å². The van der Waals surface area contributed by atoms with Crippen LogP contribution < -0.4 is 20.5 Å². The Hall–Kier alpha value is -2.35. The highest BCUT2D eigenvalue weighted by atomic mass is 32.1. The van der Waals surface area contributed by atoms with Crippen LogP contribution in [0.25, 0.3) is 0 Å². The zero-order valence-corrected chi connectivity index (χ0v) is 10.8. The van der Waals surface area contributed by atoms with Gasteiger partial charge in [-0.2, -0.15) is 0 Å². The molecule has 0 fully saturated rings. The lowest BCUT2D eigenvalue weighted by atomic mass is 10.2. The first kappa shape index (κ1) is 11.7. The Morgan fingerprint density at radius 3 is 2.84 bits per heavy atom. The van der Waals surface area contributed by atoms with Gasteiger partial charge in [0.05, 0.1) is 17.1 Å². The van der Waals surface area contributed by atoms with Gasteiger partial charge in [-0.3, -0.25) is 4.79 Å². The van der Waals surface area contributed by atoms with Gasteiger partial charge in [-0.1, -0.05) is 4.49 Å². The van der Waals surface area contributed by atoms with E-state index in [1.165, 1.54) is 0 Å². The van der Waals surface area contributed by atoms with Gasteiger partial charge in [-0.05, 0) is 18.5 Å². The smallest absolute Gasteiger partial charge is 0.269 e. The third-order valence-electron chi connectivity index (χ3n) is 2.65. The first-order chi connectivity index (χ1) is 9.15. The van der Waals surface area contributed by atoms with Gasteiger partial charge in [-0.15, -0.1) is 5.10 Å². The van der Waals surface area contributed by atoms with Crippen molar-refractivity contribution in [2.24, 2.45) is 0 Å². The monoisotopic (exact) mass is 278 g/mol. The first-order valence-electron chi connectivity index (χ1n) is 5.44.